The summed E-state index contributed by atoms with van der Waals surface area (Å²) in [6, 6.07) is 12.0. The number of carbonyl (C=O) groups is 2. The molecule has 0 spiro atoms. The SMILES string of the molecule is COc1ccc(Cl)cc1NC(=O)[C@@H](C)Oc1ccc(C(=O)NC2CCCCC2)cc1. The molecule has 2 aromatic carbocycles. The molecule has 0 aliphatic heterocycles. The van der Waals surface area contributed by atoms with E-state index in [2.05, 4.69) is 10.6 Å². The number of ether oxygens (including phenoxy) is 2. The molecule has 3 rings (SSSR count). The maximum Gasteiger partial charge on any atom is 0.265 e. The van der Waals surface area contributed by atoms with Crippen LogP contribution in [-0.2, 0) is 4.79 Å². The largest absolute Gasteiger partial charge is 0.495 e. The second-order valence-electron chi connectivity index (χ2n) is 7.43. The van der Waals surface area contributed by atoms with Crippen molar-refractivity contribution in [3.8, 4) is 11.5 Å². The van der Waals surface area contributed by atoms with Gasteiger partial charge < -0.3 is 20.1 Å². The van der Waals surface area contributed by atoms with Crippen LogP contribution < -0.4 is 20.1 Å². The summed E-state index contributed by atoms with van der Waals surface area (Å²) in [6.45, 7) is 1.65. The summed E-state index contributed by atoms with van der Waals surface area (Å²) < 4.78 is 11.0. The average Bonchev–Trinajstić information content (AvgIpc) is 2.75. The zero-order chi connectivity index (χ0) is 21.5. The van der Waals surface area contributed by atoms with Gasteiger partial charge in [-0.05, 0) is 62.2 Å². The monoisotopic (exact) mass is 430 g/mol. The van der Waals surface area contributed by atoms with Crippen molar-refractivity contribution < 1.29 is 19.1 Å². The molecule has 30 heavy (non-hydrogen) atoms. The Labute approximate surface area is 181 Å². The molecule has 2 aromatic rings. The summed E-state index contributed by atoms with van der Waals surface area (Å²) in [5.41, 5.74) is 1.05. The summed E-state index contributed by atoms with van der Waals surface area (Å²) in [5, 5.41) is 6.34. The Hall–Kier alpha value is -2.73. The molecule has 1 fully saturated rings. The average molecular weight is 431 g/mol. The number of anilines is 1. The number of halogens is 1. The fourth-order valence-corrected chi connectivity index (χ4v) is 3.64. The minimum absolute atomic E-state index is 0.0766. The highest BCUT2D eigenvalue weighted by Gasteiger charge is 2.19. The van der Waals surface area contributed by atoms with Crippen LogP contribution in [0.15, 0.2) is 42.5 Å². The van der Waals surface area contributed by atoms with Gasteiger partial charge in [0.1, 0.15) is 11.5 Å². The van der Waals surface area contributed by atoms with Crippen molar-refractivity contribution in [2.75, 3.05) is 12.4 Å². The highest BCUT2D eigenvalue weighted by Crippen LogP contribution is 2.28. The van der Waals surface area contributed by atoms with E-state index >= 15 is 0 Å². The number of nitrogens with one attached hydrogen (secondary N) is 2. The van der Waals surface area contributed by atoms with Gasteiger partial charge >= 0.3 is 0 Å². The van der Waals surface area contributed by atoms with Crippen molar-refractivity contribution in [2.45, 2.75) is 51.2 Å². The number of methoxy groups -OCH3 is 1. The molecule has 6 nitrogen and oxygen atoms in total. The third kappa shape index (κ3) is 5.89. The normalized spacial score (nSPS) is 15.2. The van der Waals surface area contributed by atoms with Crippen molar-refractivity contribution in [2.24, 2.45) is 0 Å². The number of carbonyl (C=O) groups excluding carboxylic acids is 2. The molecule has 0 bridgehead atoms. The number of rotatable bonds is 7. The highest BCUT2D eigenvalue weighted by atomic mass is 35.5. The second-order valence-corrected chi connectivity index (χ2v) is 7.86. The first-order valence-electron chi connectivity index (χ1n) is 10.2. The summed E-state index contributed by atoms with van der Waals surface area (Å²) in [5.74, 6) is 0.597. The number of amides is 2. The summed E-state index contributed by atoms with van der Waals surface area (Å²) in [7, 11) is 1.52. The van der Waals surface area contributed by atoms with Crippen LogP contribution in [0.5, 0.6) is 11.5 Å². The van der Waals surface area contributed by atoms with Gasteiger partial charge in [0.25, 0.3) is 11.8 Å². The third-order valence-corrected chi connectivity index (χ3v) is 5.39. The van der Waals surface area contributed by atoms with Crippen LogP contribution in [0.25, 0.3) is 0 Å². The van der Waals surface area contributed by atoms with Crippen LogP contribution in [0, 0.1) is 0 Å². The highest BCUT2D eigenvalue weighted by molar-refractivity contribution is 6.31. The molecule has 2 amide bonds. The number of hydrogen-bond acceptors (Lipinski definition) is 4. The van der Waals surface area contributed by atoms with Crippen LogP contribution in [0.4, 0.5) is 5.69 Å². The first-order valence-corrected chi connectivity index (χ1v) is 10.6. The van der Waals surface area contributed by atoms with E-state index in [1.54, 1.807) is 49.4 Å². The fourth-order valence-electron chi connectivity index (χ4n) is 3.47. The molecule has 0 saturated heterocycles. The zero-order valence-corrected chi connectivity index (χ0v) is 18.0. The first-order chi connectivity index (χ1) is 14.5. The molecule has 2 N–H and O–H groups in total. The van der Waals surface area contributed by atoms with Gasteiger partial charge in [0.05, 0.1) is 12.8 Å². The maximum absolute atomic E-state index is 12.5. The summed E-state index contributed by atoms with van der Waals surface area (Å²) >= 11 is 6.00. The molecule has 0 unspecified atom stereocenters. The van der Waals surface area contributed by atoms with E-state index in [9.17, 15) is 9.59 Å². The molecule has 7 heteroatoms. The van der Waals surface area contributed by atoms with Gasteiger partial charge in [0, 0.05) is 16.6 Å². The lowest BCUT2D eigenvalue weighted by atomic mass is 9.95. The van der Waals surface area contributed by atoms with Gasteiger partial charge in [-0.2, -0.15) is 0 Å². The minimum atomic E-state index is -0.754. The van der Waals surface area contributed by atoms with Crippen LogP contribution in [0.1, 0.15) is 49.4 Å². The molecule has 1 aliphatic carbocycles. The van der Waals surface area contributed by atoms with Gasteiger partial charge in [0.15, 0.2) is 6.10 Å². The second kappa shape index (κ2) is 10.3. The van der Waals surface area contributed by atoms with Crippen LogP contribution in [0.2, 0.25) is 5.02 Å². The van der Waals surface area contributed by atoms with E-state index in [1.807, 2.05) is 0 Å². The predicted molar refractivity (Wildman–Crippen MR) is 118 cm³/mol. The van der Waals surface area contributed by atoms with E-state index in [0.717, 1.165) is 12.8 Å². The molecular formula is C23H27ClN2O4. The topological polar surface area (TPSA) is 76.7 Å². The Kier molecular flexibility index (Phi) is 7.57. The van der Waals surface area contributed by atoms with Gasteiger partial charge in [-0.15, -0.1) is 0 Å². The van der Waals surface area contributed by atoms with Crippen LogP contribution in [-0.4, -0.2) is 31.1 Å². The molecule has 0 radical (unpaired) electrons. The zero-order valence-electron chi connectivity index (χ0n) is 17.2. The molecule has 1 aliphatic rings. The Morgan fingerprint density at radius 3 is 2.43 bits per heavy atom. The lowest BCUT2D eigenvalue weighted by molar-refractivity contribution is -0.122. The van der Waals surface area contributed by atoms with Crippen LogP contribution in [0.3, 0.4) is 0 Å². The maximum atomic E-state index is 12.5. The Morgan fingerprint density at radius 2 is 1.77 bits per heavy atom. The lowest BCUT2D eigenvalue weighted by Gasteiger charge is -2.22. The van der Waals surface area contributed by atoms with Crippen molar-refractivity contribution in [3.05, 3.63) is 53.1 Å². The minimum Gasteiger partial charge on any atom is -0.495 e. The number of benzene rings is 2. The molecular weight excluding hydrogens is 404 g/mol. The van der Waals surface area contributed by atoms with E-state index < -0.39 is 6.10 Å². The van der Waals surface area contributed by atoms with Gasteiger partial charge in [-0.3, -0.25) is 9.59 Å². The Balaban J connectivity index is 1.56. The van der Waals surface area contributed by atoms with Gasteiger partial charge in [-0.25, -0.2) is 0 Å². The molecule has 1 atom stereocenters. The predicted octanol–water partition coefficient (Wildman–Crippen LogP) is 4.82. The van der Waals surface area contributed by atoms with E-state index in [1.165, 1.54) is 26.4 Å². The van der Waals surface area contributed by atoms with Gasteiger partial charge in [0.2, 0.25) is 0 Å². The Bertz CT molecular complexity index is 879. The fraction of sp³-hybridized carbons (Fsp3) is 0.391. The van der Waals surface area contributed by atoms with Crippen molar-refractivity contribution >= 4 is 29.1 Å². The van der Waals surface area contributed by atoms with E-state index in [4.69, 9.17) is 21.1 Å². The van der Waals surface area contributed by atoms with Crippen molar-refractivity contribution in [3.63, 3.8) is 0 Å². The van der Waals surface area contributed by atoms with Crippen LogP contribution >= 0.6 is 11.6 Å². The van der Waals surface area contributed by atoms with Gasteiger partial charge in [-0.1, -0.05) is 30.9 Å². The smallest absolute Gasteiger partial charge is 0.265 e. The lowest BCUT2D eigenvalue weighted by Crippen LogP contribution is -2.36. The standard InChI is InChI=1S/C23H27ClN2O4/c1-15(22(27)26-20-14-17(24)10-13-21(20)29-2)30-19-11-8-16(9-12-19)23(28)25-18-6-4-3-5-7-18/h8-15,18H,3-7H2,1-2H3,(H,25,28)(H,26,27)/t15-/m1/s1. The number of hydrogen-bond donors (Lipinski definition) is 2. The molecule has 0 aromatic heterocycles. The first kappa shape index (κ1) is 22.0. The summed E-state index contributed by atoms with van der Waals surface area (Å²) in [4.78, 5) is 24.9. The van der Waals surface area contributed by atoms with Crippen molar-refractivity contribution in [1.29, 1.82) is 0 Å². The van der Waals surface area contributed by atoms with E-state index in [0.29, 0.717) is 27.8 Å². The summed E-state index contributed by atoms with van der Waals surface area (Å²) in [6.07, 6.45) is 4.90. The molecule has 160 valence electrons. The molecule has 1 saturated carbocycles. The van der Waals surface area contributed by atoms with Crippen molar-refractivity contribution in [1.82, 2.24) is 5.32 Å². The third-order valence-electron chi connectivity index (χ3n) is 5.16. The Morgan fingerprint density at radius 1 is 1.07 bits per heavy atom. The van der Waals surface area contributed by atoms with E-state index in [-0.39, 0.29) is 17.9 Å². The quantitative estimate of drug-likeness (QED) is 0.660. The molecule has 0 heterocycles.